The maximum atomic E-state index is 5.74. The Morgan fingerprint density at radius 2 is 1.65 bits per heavy atom. The first-order valence-electron chi connectivity index (χ1n) is 6.14. The summed E-state index contributed by atoms with van der Waals surface area (Å²) in [5.74, 6) is 0. The van der Waals surface area contributed by atoms with Crippen LogP contribution in [0.25, 0.3) is 5.57 Å². The molecule has 0 bridgehead atoms. The molecule has 90 valence electrons. The number of allylic oxidation sites excluding steroid dienone is 4. The summed E-state index contributed by atoms with van der Waals surface area (Å²) in [7, 11) is 0. The molecular formula is C16H21N. The molecule has 0 saturated heterocycles. The molecule has 0 radical (unpaired) electrons. The van der Waals surface area contributed by atoms with E-state index in [1.54, 1.807) is 0 Å². The first-order valence-corrected chi connectivity index (χ1v) is 6.14. The van der Waals surface area contributed by atoms with Crippen molar-refractivity contribution in [2.45, 2.75) is 34.1 Å². The van der Waals surface area contributed by atoms with Crippen molar-refractivity contribution in [3.63, 3.8) is 0 Å². The van der Waals surface area contributed by atoms with E-state index in [-0.39, 0.29) is 5.41 Å². The maximum absolute atomic E-state index is 5.74. The van der Waals surface area contributed by atoms with Crippen LogP contribution < -0.4 is 5.73 Å². The molecule has 1 nitrogen and oxygen atoms in total. The highest BCUT2D eigenvalue weighted by Crippen LogP contribution is 2.40. The fourth-order valence-corrected chi connectivity index (χ4v) is 2.94. The summed E-state index contributed by atoms with van der Waals surface area (Å²) in [6, 6.07) is 8.18. The van der Waals surface area contributed by atoms with Gasteiger partial charge in [0.2, 0.25) is 0 Å². The topological polar surface area (TPSA) is 26.0 Å². The molecular weight excluding hydrogens is 206 g/mol. The molecule has 0 aliphatic heterocycles. The van der Waals surface area contributed by atoms with Crippen molar-refractivity contribution < 1.29 is 0 Å². The maximum Gasteiger partial charge on any atom is 0.0314 e. The Kier molecular flexibility index (Phi) is 2.86. The molecule has 0 atom stereocenters. The highest BCUT2D eigenvalue weighted by molar-refractivity contribution is 5.82. The molecule has 0 amide bonds. The fourth-order valence-electron chi connectivity index (χ4n) is 2.94. The zero-order valence-corrected chi connectivity index (χ0v) is 11.2. The van der Waals surface area contributed by atoms with Gasteiger partial charge < -0.3 is 5.73 Å². The normalized spacial score (nSPS) is 19.2. The molecule has 17 heavy (non-hydrogen) atoms. The van der Waals surface area contributed by atoms with E-state index in [2.05, 4.69) is 45.9 Å². The molecule has 1 aliphatic rings. The van der Waals surface area contributed by atoms with E-state index in [1.807, 2.05) is 12.1 Å². The Hall–Kier alpha value is -1.50. The van der Waals surface area contributed by atoms with E-state index < -0.39 is 0 Å². The Bertz CT molecular complexity index is 487. The predicted octanol–water partition coefficient (Wildman–Crippen LogP) is 4.42. The second kappa shape index (κ2) is 4.06. The largest absolute Gasteiger partial charge is 0.399 e. The van der Waals surface area contributed by atoms with Gasteiger partial charge in [-0.25, -0.2) is 0 Å². The van der Waals surface area contributed by atoms with Gasteiger partial charge in [0.1, 0.15) is 0 Å². The van der Waals surface area contributed by atoms with Gasteiger partial charge in [-0.3, -0.25) is 0 Å². The number of anilines is 1. The van der Waals surface area contributed by atoms with E-state index in [1.165, 1.54) is 22.3 Å². The van der Waals surface area contributed by atoms with Crippen molar-refractivity contribution in [3.8, 4) is 0 Å². The van der Waals surface area contributed by atoms with Crippen LogP contribution in [0.3, 0.4) is 0 Å². The van der Waals surface area contributed by atoms with Crippen molar-refractivity contribution >= 4 is 11.3 Å². The second-order valence-electron chi connectivity index (χ2n) is 5.77. The van der Waals surface area contributed by atoms with E-state index in [9.17, 15) is 0 Å². The summed E-state index contributed by atoms with van der Waals surface area (Å²) >= 11 is 0. The van der Waals surface area contributed by atoms with Crippen LogP contribution >= 0.6 is 0 Å². The fraction of sp³-hybridized carbons (Fsp3) is 0.375. The number of hydrogen-bond donors (Lipinski definition) is 1. The van der Waals surface area contributed by atoms with Gasteiger partial charge in [0, 0.05) is 5.69 Å². The summed E-state index contributed by atoms with van der Waals surface area (Å²) in [6.07, 6.45) is 3.51. The monoisotopic (exact) mass is 227 g/mol. The van der Waals surface area contributed by atoms with Crippen LogP contribution in [0.2, 0.25) is 0 Å². The molecule has 2 N–H and O–H groups in total. The van der Waals surface area contributed by atoms with Crippen molar-refractivity contribution in [3.05, 3.63) is 47.1 Å². The summed E-state index contributed by atoms with van der Waals surface area (Å²) in [5, 5.41) is 0. The zero-order chi connectivity index (χ0) is 12.6. The average Bonchev–Trinajstić information content (AvgIpc) is 2.18. The SMILES string of the molecule is CC1=CC(C)(C)CC(C)=C1c1ccc(N)cc1. The van der Waals surface area contributed by atoms with Crippen LogP contribution in [0.15, 0.2) is 41.5 Å². The van der Waals surface area contributed by atoms with Crippen molar-refractivity contribution in [2.24, 2.45) is 5.41 Å². The zero-order valence-electron chi connectivity index (χ0n) is 11.2. The van der Waals surface area contributed by atoms with Crippen LogP contribution in [-0.2, 0) is 0 Å². The van der Waals surface area contributed by atoms with Gasteiger partial charge >= 0.3 is 0 Å². The Morgan fingerprint density at radius 3 is 2.18 bits per heavy atom. The van der Waals surface area contributed by atoms with Gasteiger partial charge in [-0.2, -0.15) is 0 Å². The lowest BCUT2D eigenvalue weighted by Gasteiger charge is -2.30. The van der Waals surface area contributed by atoms with Crippen LogP contribution in [0, 0.1) is 5.41 Å². The second-order valence-corrected chi connectivity index (χ2v) is 5.77. The average molecular weight is 227 g/mol. The summed E-state index contributed by atoms with van der Waals surface area (Å²) < 4.78 is 0. The van der Waals surface area contributed by atoms with Gasteiger partial charge in [0.15, 0.2) is 0 Å². The lowest BCUT2D eigenvalue weighted by atomic mass is 9.75. The molecule has 0 fully saturated rings. The van der Waals surface area contributed by atoms with Gasteiger partial charge in [-0.05, 0) is 54.5 Å². The van der Waals surface area contributed by atoms with Crippen molar-refractivity contribution in [1.82, 2.24) is 0 Å². The molecule has 1 aromatic carbocycles. The molecule has 2 rings (SSSR count). The highest BCUT2D eigenvalue weighted by Gasteiger charge is 2.23. The van der Waals surface area contributed by atoms with E-state index >= 15 is 0 Å². The van der Waals surface area contributed by atoms with Crippen molar-refractivity contribution in [1.29, 1.82) is 0 Å². The Balaban J connectivity index is 2.46. The third-order valence-electron chi connectivity index (χ3n) is 3.35. The quantitative estimate of drug-likeness (QED) is 0.706. The molecule has 0 unspecified atom stereocenters. The summed E-state index contributed by atoms with van der Waals surface area (Å²) in [6.45, 7) is 9.03. The summed E-state index contributed by atoms with van der Waals surface area (Å²) in [4.78, 5) is 0. The molecule has 0 spiro atoms. The van der Waals surface area contributed by atoms with Gasteiger partial charge in [-0.15, -0.1) is 0 Å². The third-order valence-corrected chi connectivity index (χ3v) is 3.35. The predicted molar refractivity (Wildman–Crippen MR) is 75.6 cm³/mol. The third kappa shape index (κ3) is 2.44. The van der Waals surface area contributed by atoms with E-state index in [4.69, 9.17) is 5.73 Å². The van der Waals surface area contributed by atoms with E-state index in [0.29, 0.717) is 0 Å². The van der Waals surface area contributed by atoms with Gasteiger partial charge in [0.25, 0.3) is 0 Å². The first-order chi connectivity index (χ1) is 7.89. The molecule has 1 heteroatoms. The molecule has 0 aromatic heterocycles. The Labute approximate surface area is 104 Å². The minimum Gasteiger partial charge on any atom is -0.399 e. The molecule has 0 saturated carbocycles. The van der Waals surface area contributed by atoms with Gasteiger partial charge in [0.05, 0.1) is 0 Å². The number of nitrogen functional groups attached to an aromatic ring is 1. The molecule has 1 aliphatic carbocycles. The number of nitrogens with two attached hydrogens (primary N) is 1. The number of rotatable bonds is 1. The lowest BCUT2D eigenvalue weighted by molar-refractivity contribution is 0.468. The van der Waals surface area contributed by atoms with Crippen LogP contribution in [-0.4, -0.2) is 0 Å². The lowest BCUT2D eigenvalue weighted by Crippen LogP contribution is -2.14. The number of benzene rings is 1. The first kappa shape index (κ1) is 12.0. The Morgan fingerprint density at radius 1 is 1.06 bits per heavy atom. The smallest absolute Gasteiger partial charge is 0.0314 e. The minimum absolute atomic E-state index is 0.283. The summed E-state index contributed by atoms with van der Waals surface area (Å²) in [5.41, 5.74) is 12.4. The van der Waals surface area contributed by atoms with Crippen molar-refractivity contribution in [2.75, 3.05) is 5.73 Å². The molecule has 1 aromatic rings. The van der Waals surface area contributed by atoms with Gasteiger partial charge in [-0.1, -0.05) is 37.6 Å². The highest BCUT2D eigenvalue weighted by atomic mass is 14.5. The molecule has 0 heterocycles. The van der Waals surface area contributed by atoms with Crippen LogP contribution in [0.4, 0.5) is 5.69 Å². The van der Waals surface area contributed by atoms with Crippen LogP contribution in [0.5, 0.6) is 0 Å². The minimum atomic E-state index is 0.283. The van der Waals surface area contributed by atoms with Crippen LogP contribution in [0.1, 0.15) is 39.7 Å². The van der Waals surface area contributed by atoms with E-state index in [0.717, 1.165) is 12.1 Å². The standard InChI is InChI=1S/C16H21N/c1-11-9-16(3,4)10-12(2)15(11)13-5-7-14(17)8-6-13/h5-9H,10,17H2,1-4H3. The number of hydrogen-bond acceptors (Lipinski definition) is 1.